The standard InChI is InChI=1S/C13H10BrFN4O6S2/c14-8-6-7(2-3-9(8)15)19-11(17-24-13(19)20)10-12(18-25-16-10)26-4-1-5-27(21,22)23/h2-3,6H,1,4-5H2,(H,21,22,23). The summed E-state index contributed by atoms with van der Waals surface area (Å²) in [5, 5.41) is 11.3. The Labute approximate surface area is 163 Å². The molecule has 1 N–H and O–H groups in total. The van der Waals surface area contributed by atoms with Crippen LogP contribution in [-0.4, -0.2) is 44.5 Å². The van der Waals surface area contributed by atoms with Gasteiger partial charge in [-0.1, -0.05) is 5.16 Å². The molecular formula is C13H10BrFN4O6S2. The molecule has 0 saturated heterocycles. The van der Waals surface area contributed by atoms with Gasteiger partial charge in [0.15, 0.2) is 10.7 Å². The SMILES string of the molecule is O=c1onc(-c2nonc2SCCCS(=O)(=O)O)n1-c1ccc(F)c(Br)c1. The van der Waals surface area contributed by atoms with Gasteiger partial charge in [0.2, 0.25) is 5.82 Å². The molecule has 0 bridgehead atoms. The first-order chi connectivity index (χ1) is 12.8. The Balaban J connectivity index is 1.89. The van der Waals surface area contributed by atoms with Gasteiger partial charge < -0.3 is 0 Å². The van der Waals surface area contributed by atoms with Gasteiger partial charge in [-0.05, 0) is 50.9 Å². The fraction of sp³-hybridized carbons (Fsp3) is 0.231. The van der Waals surface area contributed by atoms with E-state index >= 15 is 0 Å². The zero-order valence-electron chi connectivity index (χ0n) is 13.2. The van der Waals surface area contributed by atoms with Crippen molar-refractivity contribution in [2.45, 2.75) is 11.4 Å². The molecule has 10 nitrogen and oxygen atoms in total. The fourth-order valence-electron chi connectivity index (χ4n) is 2.07. The highest BCUT2D eigenvalue weighted by atomic mass is 79.9. The molecule has 14 heteroatoms. The molecule has 27 heavy (non-hydrogen) atoms. The van der Waals surface area contributed by atoms with Gasteiger partial charge in [-0.2, -0.15) is 8.42 Å². The van der Waals surface area contributed by atoms with E-state index in [2.05, 4.69) is 40.6 Å². The predicted octanol–water partition coefficient (Wildman–Crippen LogP) is 2.15. The van der Waals surface area contributed by atoms with Gasteiger partial charge in [0.05, 0.1) is 15.9 Å². The summed E-state index contributed by atoms with van der Waals surface area (Å²) in [6, 6.07) is 3.88. The Hall–Kier alpha value is -2.03. The summed E-state index contributed by atoms with van der Waals surface area (Å²) in [5.41, 5.74) is 0.369. The van der Waals surface area contributed by atoms with Crippen molar-refractivity contribution in [2.24, 2.45) is 0 Å². The number of aromatic nitrogens is 4. The van der Waals surface area contributed by atoms with Crippen LogP contribution in [0.3, 0.4) is 0 Å². The summed E-state index contributed by atoms with van der Waals surface area (Å²) >= 11 is 4.14. The lowest BCUT2D eigenvalue weighted by molar-refractivity contribution is 0.299. The summed E-state index contributed by atoms with van der Waals surface area (Å²) in [6.07, 6.45) is 0.159. The van der Waals surface area contributed by atoms with Crippen molar-refractivity contribution in [3.05, 3.63) is 39.0 Å². The lowest BCUT2D eigenvalue weighted by Crippen LogP contribution is -2.13. The minimum atomic E-state index is -4.06. The molecule has 3 aromatic rings. The van der Waals surface area contributed by atoms with Crippen molar-refractivity contribution >= 4 is 37.8 Å². The van der Waals surface area contributed by atoms with Crippen LogP contribution in [-0.2, 0) is 10.1 Å². The number of rotatable bonds is 7. The number of hydrogen-bond acceptors (Lipinski definition) is 9. The van der Waals surface area contributed by atoms with E-state index in [1.165, 1.54) is 12.1 Å². The molecule has 0 amide bonds. The van der Waals surface area contributed by atoms with E-state index in [1.54, 1.807) is 0 Å². The van der Waals surface area contributed by atoms with Crippen LogP contribution in [0, 0.1) is 5.82 Å². The third-order valence-electron chi connectivity index (χ3n) is 3.22. The summed E-state index contributed by atoms with van der Waals surface area (Å²) < 4.78 is 54.3. The van der Waals surface area contributed by atoms with E-state index < -0.39 is 27.4 Å². The van der Waals surface area contributed by atoms with Gasteiger partial charge in [0, 0.05) is 5.75 Å². The summed E-state index contributed by atoms with van der Waals surface area (Å²) in [4.78, 5) is 12.1. The first kappa shape index (κ1) is 19.7. The normalized spacial score (nSPS) is 11.8. The van der Waals surface area contributed by atoms with E-state index in [1.807, 2.05) is 0 Å². The second kappa shape index (κ2) is 7.92. The summed E-state index contributed by atoms with van der Waals surface area (Å²) in [6.45, 7) is 0. The van der Waals surface area contributed by atoms with Gasteiger partial charge in [0.1, 0.15) is 5.82 Å². The van der Waals surface area contributed by atoms with E-state index in [0.29, 0.717) is 0 Å². The zero-order valence-corrected chi connectivity index (χ0v) is 16.4. The molecule has 2 aromatic heterocycles. The van der Waals surface area contributed by atoms with Gasteiger partial charge >= 0.3 is 5.76 Å². The lowest BCUT2D eigenvalue weighted by atomic mass is 10.3. The first-order valence-corrected chi connectivity index (χ1v) is 10.6. The predicted molar refractivity (Wildman–Crippen MR) is 94.8 cm³/mol. The first-order valence-electron chi connectivity index (χ1n) is 7.21. The van der Waals surface area contributed by atoms with Crippen LogP contribution in [0.15, 0.2) is 41.6 Å². The van der Waals surface area contributed by atoms with Crippen LogP contribution in [0.5, 0.6) is 0 Å². The highest BCUT2D eigenvalue weighted by Crippen LogP contribution is 2.29. The Morgan fingerprint density at radius 2 is 2.07 bits per heavy atom. The van der Waals surface area contributed by atoms with Crippen molar-refractivity contribution < 1.29 is 26.5 Å². The minimum Gasteiger partial charge on any atom is -0.295 e. The summed E-state index contributed by atoms with van der Waals surface area (Å²) in [7, 11) is -4.06. The molecule has 0 atom stereocenters. The van der Waals surface area contributed by atoms with Crippen molar-refractivity contribution in [1.29, 1.82) is 0 Å². The van der Waals surface area contributed by atoms with Gasteiger partial charge in [-0.15, -0.1) is 11.8 Å². The number of thioether (sulfide) groups is 1. The monoisotopic (exact) mass is 480 g/mol. The Bertz CT molecular complexity index is 1130. The minimum absolute atomic E-state index is 0.0166. The number of hydrogen-bond donors (Lipinski definition) is 1. The molecule has 0 fully saturated rings. The quantitative estimate of drug-likeness (QED) is 0.303. The van der Waals surface area contributed by atoms with Gasteiger partial charge in [0.25, 0.3) is 10.1 Å². The van der Waals surface area contributed by atoms with Crippen LogP contribution in [0.4, 0.5) is 4.39 Å². The van der Waals surface area contributed by atoms with Gasteiger partial charge in [-0.25, -0.2) is 18.4 Å². The molecule has 144 valence electrons. The number of halogens is 2. The highest BCUT2D eigenvalue weighted by molar-refractivity contribution is 9.10. The Morgan fingerprint density at radius 1 is 1.30 bits per heavy atom. The number of nitrogens with zero attached hydrogens (tertiary/aromatic N) is 4. The van der Waals surface area contributed by atoms with Crippen molar-refractivity contribution in [3.8, 4) is 17.2 Å². The lowest BCUT2D eigenvalue weighted by Gasteiger charge is -2.04. The molecule has 0 unspecified atom stereocenters. The molecule has 0 radical (unpaired) electrons. The maximum atomic E-state index is 13.5. The molecule has 2 heterocycles. The van der Waals surface area contributed by atoms with Gasteiger partial charge in [-0.3, -0.25) is 9.08 Å². The van der Waals surface area contributed by atoms with Crippen LogP contribution < -0.4 is 5.76 Å². The average Bonchev–Trinajstić information content (AvgIpc) is 3.19. The number of benzene rings is 1. The van der Waals surface area contributed by atoms with Crippen LogP contribution in [0.2, 0.25) is 0 Å². The van der Waals surface area contributed by atoms with Crippen LogP contribution >= 0.6 is 27.7 Å². The molecule has 0 saturated carbocycles. The fourth-order valence-corrected chi connectivity index (χ4v) is 3.97. The maximum absolute atomic E-state index is 13.5. The topological polar surface area (TPSA) is 141 Å². The van der Waals surface area contributed by atoms with Crippen molar-refractivity contribution in [1.82, 2.24) is 20.0 Å². The molecule has 3 rings (SSSR count). The Kier molecular flexibility index (Phi) is 5.78. The van der Waals surface area contributed by atoms with E-state index in [9.17, 15) is 17.6 Å². The largest absolute Gasteiger partial charge is 0.446 e. The summed E-state index contributed by atoms with van der Waals surface area (Å²) in [5.74, 6) is -1.47. The third-order valence-corrected chi connectivity index (χ3v) is 5.67. The molecule has 1 aromatic carbocycles. The third kappa shape index (κ3) is 4.63. The molecule has 0 spiro atoms. The smallest absolute Gasteiger partial charge is 0.295 e. The second-order valence-corrected chi connectivity index (χ2v) is 8.62. The van der Waals surface area contributed by atoms with Crippen LogP contribution in [0.1, 0.15) is 6.42 Å². The molecule has 0 aliphatic rings. The Morgan fingerprint density at radius 3 is 2.78 bits per heavy atom. The molecule has 0 aliphatic carbocycles. The maximum Gasteiger partial charge on any atom is 0.446 e. The highest BCUT2D eigenvalue weighted by Gasteiger charge is 2.23. The molecule has 0 aliphatic heterocycles. The van der Waals surface area contributed by atoms with Crippen LogP contribution in [0.25, 0.3) is 17.2 Å². The zero-order chi connectivity index (χ0) is 19.6. The molecular weight excluding hydrogens is 471 g/mol. The van der Waals surface area contributed by atoms with E-state index in [-0.39, 0.29) is 38.9 Å². The van der Waals surface area contributed by atoms with E-state index in [4.69, 9.17) is 4.55 Å². The van der Waals surface area contributed by atoms with Crippen molar-refractivity contribution in [3.63, 3.8) is 0 Å². The van der Waals surface area contributed by atoms with Crippen molar-refractivity contribution in [2.75, 3.05) is 11.5 Å². The second-order valence-electron chi connectivity index (χ2n) is 5.11. The average molecular weight is 481 g/mol. The van der Waals surface area contributed by atoms with E-state index in [0.717, 1.165) is 22.4 Å².